The maximum absolute atomic E-state index is 12.9. The zero-order valence-electron chi connectivity index (χ0n) is 16.9. The Labute approximate surface area is 185 Å². The summed E-state index contributed by atoms with van der Waals surface area (Å²) in [7, 11) is -2.88. The first-order valence-electron chi connectivity index (χ1n) is 9.90. The highest BCUT2D eigenvalue weighted by molar-refractivity contribution is 7.82. The molecule has 0 aliphatic carbocycles. The van der Waals surface area contributed by atoms with Gasteiger partial charge in [0.15, 0.2) is 0 Å². The van der Waals surface area contributed by atoms with Crippen LogP contribution in [0.25, 0.3) is 0 Å². The third-order valence-corrected chi connectivity index (χ3v) is 7.05. The van der Waals surface area contributed by atoms with Crippen molar-refractivity contribution in [3.05, 3.63) is 59.7 Å². The first-order valence-corrected chi connectivity index (χ1v) is 12.7. The quantitative estimate of drug-likeness (QED) is 0.678. The molecule has 0 bridgehead atoms. The summed E-state index contributed by atoms with van der Waals surface area (Å²) in [4.78, 5) is 29.3. The molecule has 2 heterocycles. The summed E-state index contributed by atoms with van der Waals surface area (Å²) in [6.07, 6.45) is 1.78. The van der Waals surface area contributed by atoms with Gasteiger partial charge in [0, 0.05) is 24.2 Å². The first-order chi connectivity index (χ1) is 14.8. The van der Waals surface area contributed by atoms with Crippen molar-refractivity contribution in [1.82, 2.24) is 0 Å². The molecule has 2 aromatic rings. The monoisotopic (exact) mass is 460 g/mol. The average molecular weight is 461 g/mol. The number of carbonyl (C=O) groups is 2. The molecule has 8 nitrogen and oxygen atoms in total. The van der Waals surface area contributed by atoms with Crippen LogP contribution in [0.4, 0.5) is 11.4 Å². The van der Waals surface area contributed by atoms with Crippen molar-refractivity contribution in [3.63, 3.8) is 0 Å². The van der Waals surface area contributed by atoms with Gasteiger partial charge in [0.1, 0.15) is 5.66 Å². The molecule has 1 spiro atoms. The van der Waals surface area contributed by atoms with E-state index in [4.69, 9.17) is 10.3 Å². The second-order valence-corrected chi connectivity index (χ2v) is 9.92. The summed E-state index contributed by atoms with van der Waals surface area (Å²) in [6, 6.07) is 14.5. The second-order valence-electron chi connectivity index (χ2n) is 7.82. The lowest BCUT2D eigenvalue weighted by molar-refractivity contribution is -0.117. The molecule has 10 heteroatoms. The van der Waals surface area contributed by atoms with E-state index in [1.54, 1.807) is 9.80 Å². The summed E-state index contributed by atoms with van der Waals surface area (Å²) in [6.45, 7) is 0. The Kier molecular flexibility index (Phi) is 6.07. The fourth-order valence-electron chi connectivity index (χ4n) is 4.55. The molecule has 2 unspecified atom stereocenters. The molecule has 2 aliphatic rings. The molecule has 2 aliphatic heterocycles. The van der Waals surface area contributed by atoms with Crippen LogP contribution in [0, 0.1) is 0 Å². The molecular formula is C21H24N4O4S2. The molecule has 4 N–H and O–H groups in total. The third-order valence-electron chi connectivity index (χ3n) is 5.82. The summed E-state index contributed by atoms with van der Waals surface area (Å²) in [5.41, 5.74) is 2.27. The Morgan fingerprint density at radius 3 is 1.39 bits per heavy atom. The smallest absolute Gasteiger partial charge is 0.229 e. The van der Waals surface area contributed by atoms with E-state index in [-0.39, 0.29) is 23.3 Å². The van der Waals surface area contributed by atoms with Gasteiger partial charge >= 0.3 is 0 Å². The van der Waals surface area contributed by atoms with Crippen LogP contribution < -0.4 is 20.1 Å². The Balaban J connectivity index is 1.69. The number of benzene rings is 2. The standard InChI is InChI=1S/C21H24N4O4S2/c22-30(28)13-15-1-5-17(6-2-15)24-19(26)9-11-21(24)12-10-20(27)25(21)18-7-3-16(4-8-18)14-31(23)29/h1-8H,9-14,22-23H2. The van der Waals surface area contributed by atoms with Gasteiger partial charge in [-0.25, -0.2) is 8.42 Å². The molecule has 2 saturated heterocycles. The lowest BCUT2D eigenvalue weighted by Crippen LogP contribution is -2.56. The molecule has 2 atom stereocenters. The number of hydrogen-bond donors (Lipinski definition) is 2. The highest BCUT2D eigenvalue weighted by atomic mass is 32.2. The normalized spacial score (nSPS) is 23.0. The van der Waals surface area contributed by atoms with Gasteiger partial charge in [0.05, 0.1) is 33.5 Å². The van der Waals surface area contributed by atoms with Crippen molar-refractivity contribution < 1.29 is 18.0 Å². The number of nitrogens with two attached hydrogens (primary N) is 2. The molecular weight excluding hydrogens is 436 g/mol. The van der Waals surface area contributed by atoms with Crippen LogP contribution in [0.3, 0.4) is 0 Å². The van der Waals surface area contributed by atoms with Gasteiger partial charge in [-0.2, -0.15) is 0 Å². The minimum absolute atomic E-state index is 0.0370. The Bertz CT molecular complexity index is 971. The number of carbonyl (C=O) groups excluding carboxylic acids is 2. The highest BCUT2D eigenvalue weighted by Crippen LogP contribution is 2.47. The highest BCUT2D eigenvalue weighted by Gasteiger charge is 2.56. The molecule has 0 aromatic heterocycles. The van der Waals surface area contributed by atoms with E-state index in [1.165, 1.54) is 0 Å². The van der Waals surface area contributed by atoms with Crippen LogP contribution in [0.2, 0.25) is 0 Å². The van der Waals surface area contributed by atoms with Gasteiger partial charge in [-0.3, -0.25) is 29.7 Å². The van der Waals surface area contributed by atoms with Crippen LogP contribution >= 0.6 is 0 Å². The van der Waals surface area contributed by atoms with E-state index in [1.807, 2.05) is 48.5 Å². The fraction of sp³-hybridized carbons (Fsp3) is 0.333. The van der Waals surface area contributed by atoms with Crippen LogP contribution in [-0.2, 0) is 43.1 Å². The van der Waals surface area contributed by atoms with Gasteiger partial charge in [-0.15, -0.1) is 0 Å². The van der Waals surface area contributed by atoms with Crippen molar-refractivity contribution in [2.75, 3.05) is 9.80 Å². The average Bonchev–Trinajstić information content (AvgIpc) is 3.22. The number of anilines is 2. The van der Waals surface area contributed by atoms with Crippen molar-refractivity contribution in [2.24, 2.45) is 10.3 Å². The van der Waals surface area contributed by atoms with Crippen LogP contribution in [0.5, 0.6) is 0 Å². The molecule has 2 fully saturated rings. The number of amides is 2. The van der Waals surface area contributed by atoms with E-state index >= 15 is 0 Å². The van der Waals surface area contributed by atoms with Crippen molar-refractivity contribution in [2.45, 2.75) is 42.9 Å². The second kappa shape index (κ2) is 8.62. The van der Waals surface area contributed by atoms with E-state index in [9.17, 15) is 18.0 Å². The maximum atomic E-state index is 12.9. The van der Waals surface area contributed by atoms with E-state index in [2.05, 4.69) is 0 Å². The third kappa shape index (κ3) is 4.20. The largest absolute Gasteiger partial charge is 0.288 e. The molecule has 0 saturated carbocycles. The Morgan fingerprint density at radius 1 is 0.710 bits per heavy atom. The SMILES string of the molecule is NS(=O)Cc1ccc(N2C(=O)CCC23CCC(=O)N3c2ccc(CS(N)=O)cc2)cc1. The fourth-order valence-corrected chi connectivity index (χ4v) is 5.60. The molecule has 164 valence electrons. The van der Waals surface area contributed by atoms with Crippen LogP contribution in [0.1, 0.15) is 36.8 Å². The molecule has 2 aromatic carbocycles. The number of nitrogens with zero attached hydrogens (tertiary/aromatic N) is 2. The van der Waals surface area contributed by atoms with Gasteiger partial charge in [0.25, 0.3) is 0 Å². The van der Waals surface area contributed by atoms with Crippen LogP contribution in [0.15, 0.2) is 48.5 Å². The minimum Gasteiger partial charge on any atom is -0.288 e. The summed E-state index contributed by atoms with van der Waals surface area (Å²) in [5, 5.41) is 10.8. The Hall–Kier alpha value is -2.40. The van der Waals surface area contributed by atoms with Crippen molar-refractivity contribution >= 4 is 45.2 Å². The van der Waals surface area contributed by atoms with Crippen LogP contribution in [-0.4, -0.2) is 25.9 Å². The number of hydrogen-bond acceptors (Lipinski definition) is 4. The zero-order valence-corrected chi connectivity index (χ0v) is 18.5. The number of rotatable bonds is 6. The molecule has 2 amide bonds. The topological polar surface area (TPSA) is 127 Å². The predicted molar refractivity (Wildman–Crippen MR) is 121 cm³/mol. The lowest BCUT2D eigenvalue weighted by atomic mass is 10.0. The molecule has 31 heavy (non-hydrogen) atoms. The molecule has 0 radical (unpaired) electrons. The van der Waals surface area contributed by atoms with Crippen molar-refractivity contribution in [1.29, 1.82) is 0 Å². The van der Waals surface area contributed by atoms with E-state index < -0.39 is 27.6 Å². The first kappa shape index (κ1) is 21.8. The van der Waals surface area contributed by atoms with E-state index in [0.717, 1.165) is 11.1 Å². The van der Waals surface area contributed by atoms with Gasteiger partial charge in [-0.05, 0) is 48.2 Å². The maximum Gasteiger partial charge on any atom is 0.229 e. The van der Waals surface area contributed by atoms with Gasteiger partial charge in [0.2, 0.25) is 11.8 Å². The Morgan fingerprint density at radius 2 is 1.06 bits per heavy atom. The van der Waals surface area contributed by atoms with Crippen molar-refractivity contribution in [3.8, 4) is 0 Å². The lowest BCUT2D eigenvalue weighted by Gasteiger charge is -2.42. The van der Waals surface area contributed by atoms with E-state index in [0.29, 0.717) is 37.1 Å². The van der Waals surface area contributed by atoms with Gasteiger partial charge < -0.3 is 0 Å². The zero-order chi connectivity index (χ0) is 22.2. The summed E-state index contributed by atoms with van der Waals surface area (Å²) in [5.74, 6) is 0.406. The summed E-state index contributed by atoms with van der Waals surface area (Å²) >= 11 is 0. The minimum atomic E-state index is -1.44. The predicted octanol–water partition coefficient (Wildman–Crippen LogP) is 1.58. The summed E-state index contributed by atoms with van der Waals surface area (Å²) < 4.78 is 22.6. The molecule has 4 rings (SSSR count). The van der Waals surface area contributed by atoms with Gasteiger partial charge in [-0.1, -0.05) is 24.3 Å².